The second-order valence-electron chi connectivity index (χ2n) is 5.09. The lowest BCUT2D eigenvalue weighted by molar-refractivity contribution is -0.141. The molecule has 3 rings (SSSR count). The van der Waals surface area contributed by atoms with Crippen molar-refractivity contribution in [2.75, 3.05) is 18.4 Å². The molecule has 0 bridgehead atoms. The van der Waals surface area contributed by atoms with Gasteiger partial charge in [0, 0.05) is 31.0 Å². The number of rotatable bonds is 5. The second-order valence-corrected chi connectivity index (χ2v) is 5.09. The summed E-state index contributed by atoms with van der Waals surface area (Å²) in [5.74, 6) is -0.444. The van der Waals surface area contributed by atoms with E-state index >= 15 is 0 Å². The summed E-state index contributed by atoms with van der Waals surface area (Å²) in [5.41, 5.74) is 0.217. The predicted octanol–water partition coefficient (Wildman–Crippen LogP) is 1.98. The van der Waals surface area contributed by atoms with Crippen LogP contribution in [-0.4, -0.2) is 38.3 Å². The first-order chi connectivity index (χ1) is 11.9. The average Bonchev–Trinajstić information content (AvgIpc) is 3.05. The number of carbonyl (C=O) groups excluding carboxylic acids is 1. The number of nitrogens with zero attached hydrogens (tertiary/aromatic N) is 4. The molecular formula is C15H13F3N6O. The summed E-state index contributed by atoms with van der Waals surface area (Å²) in [4.78, 5) is 23.1. The molecule has 10 heteroatoms. The van der Waals surface area contributed by atoms with Crippen LogP contribution < -0.4 is 10.6 Å². The molecule has 0 saturated heterocycles. The Morgan fingerprint density at radius 1 is 1.24 bits per heavy atom. The highest BCUT2D eigenvalue weighted by Gasteiger charge is 2.32. The van der Waals surface area contributed by atoms with Gasteiger partial charge in [-0.3, -0.25) is 4.79 Å². The van der Waals surface area contributed by atoms with E-state index in [9.17, 15) is 18.0 Å². The molecule has 0 fully saturated rings. The van der Waals surface area contributed by atoms with E-state index in [-0.39, 0.29) is 24.9 Å². The minimum absolute atomic E-state index is 0.148. The van der Waals surface area contributed by atoms with Crippen molar-refractivity contribution >= 4 is 17.4 Å². The van der Waals surface area contributed by atoms with Gasteiger partial charge in [-0.15, -0.1) is 0 Å². The molecule has 0 spiro atoms. The highest BCUT2D eigenvalue weighted by molar-refractivity contribution is 5.95. The third-order valence-electron chi connectivity index (χ3n) is 3.32. The Balaban J connectivity index is 1.52. The molecule has 7 nitrogen and oxygen atoms in total. The Kier molecular flexibility index (Phi) is 4.50. The summed E-state index contributed by atoms with van der Waals surface area (Å²) in [6, 6.07) is 4.12. The molecule has 2 N–H and O–H groups in total. The van der Waals surface area contributed by atoms with E-state index in [2.05, 4.69) is 25.6 Å². The molecule has 3 heterocycles. The molecule has 0 aliphatic heterocycles. The van der Waals surface area contributed by atoms with Gasteiger partial charge in [-0.1, -0.05) is 0 Å². The van der Waals surface area contributed by atoms with Gasteiger partial charge in [0.05, 0.1) is 18.0 Å². The summed E-state index contributed by atoms with van der Waals surface area (Å²) < 4.78 is 39.4. The van der Waals surface area contributed by atoms with Crippen molar-refractivity contribution in [1.29, 1.82) is 0 Å². The Morgan fingerprint density at radius 3 is 2.88 bits per heavy atom. The number of pyridine rings is 1. The molecule has 25 heavy (non-hydrogen) atoms. The molecule has 3 aromatic rings. The normalized spacial score (nSPS) is 11.5. The number of carbonyl (C=O) groups is 1. The van der Waals surface area contributed by atoms with Crippen molar-refractivity contribution in [2.24, 2.45) is 0 Å². The van der Waals surface area contributed by atoms with Gasteiger partial charge < -0.3 is 15.0 Å². The molecule has 3 aromatic heterocycles. The number of fused-ring (bicyclic) bond motifs is 1. The van der Waals surface area contributed by atoms with Crippen LogP contribution >= 0.6 is 0 Å². The van der Waals surface area contributed by atoms with Crippen LogP contribution in [0.5, 0.6) is 0 Å². The van der Waals surface area contributed by atoms with Crippen molar-refractivity contribution in [3.05, 3.63) is 54.4 Å². The molecule has 1 amide bonds. The van der Waals surface area contributed by atoms with Gasteiger partial charge in [-0.2, -0.15) is 13.2 Å². The quantitative estimate of drug-likeness (QED) is 0.688. The lowest BCUT2D eigenvalue weighted by Gasteiger charge is -2.09. The van der Waals surface area contributed by atoms with Crippen LogP contribution in [0.1, 0.15) is 16.1 Å². The van der Waals surface area contributed by atoms with Gasteiger partial charge in [0.15, 0.2) is 0 Å². The van der Waals surface area contributed by atoms with Gasteiger partial charge in [-0.25, -0.2) is 15.0 Å². The van der Waals surface area contributed by atoms with Crippen LogP contribution in [0.2, 0.25) is 0 Å². The minimum atomic E-state index is -4.53. The molecule has 0 atom stereocenters. The fraction of sp³-hybridized carbons (Fsp3) is 0.200. The monoisotopic (exact) mass is 350 g/mol. The van der Waals surface area contributed by atoms with Crippen LogP contribution in [0.3, 0.4) is 0 Å². The summed E-state index contributed by atoms with van der Waals surface area (Å²) >= 11 is 0. The first-order valence-corrected chi connectivity index (χ1v) is 7.27. The van der Waals surface area contributed by atoms with Crippen LogP contribution in [-0.2, 0) is 6.18 Å². The Morgan fingerprint density at radius 2 is 2.08 bits per heavy atom. The number of alkyl halides is 3. The molecule has 130 valence electrons. The van der Waals surface area contributed by atoms with Crippen molar-refractivity contribution < 1.29 is 18.0 Å². The van der Waals surface area contributed by atoms with Crippen molar-refractivity contribution in [1.82, 2.24) is 24.7 Å². The fourth-order valence-corrected chi connectivity index (χ4v) is 2.11. The van der Waals surface area contributed by atoms with Crippen LogP contribution in [0.25, 0.3) is 5.52 Å². The zero-order chi connectivity index (χ0) is 17.9. The third kappa shape index (κ3) is 4.03. The Labute approximate surface area is 139 Å². The highest BCUT2D eigenvalue weighted by atomic mass is 19.4. The zero-order valence-corrected chi connectivity index (χ0v) is 12.8. The molecular weight excluding hydrogens is 337 g/mol. The maximum absolute atomic E-state index is 12.6. The largest absolute Gasteiger partial charge is 0.433 e. The van der Waals surface area contributed by atoms with Gasteiger partial charge in [0.2, 0.25) is 5.95 Å². The maximum atomic E-state index is 12.6. The van der Waals surface area contributed by atoms with Crippen LogP contribution in [0, 0.1) is 0 Å². The first-order valence-electron chi connectivity index (χ1n) is 7.27. The third-order valence-corrected chi connectivity index (χ3v) is 3.32. The van der Waals surface area contributed by atoms with Gasteiger partial charge in [-0.05, 0) is 18.2 Å². The fourth-order valence-electron chi connectivity index (χ4n) is 2.11. The molecule has 0 aliphatic rings. The van der Waals surface area contributed by atoms with E-state index < -0.39 is 11.9 Å². The van der Waals surface area contributed by atoms with E-state index in [1.165, 1.54) is 0 Å². The molecule has 0 saturated carbocycles. The summed E-state index contributed by atoms with van der Waals surface area (Å²) in [6.07, 6.45) is 1.46. The minimum Gasteiger partial charge on any atom is -0.352 e. The van der Waals surface area contributed by atoms with Crippen LogP contribution in [0.15, 0.2) is 43.1 Å². The Hall–Kier alpha value is -3.17. The lowest BCUT2D eigenvalue weighted by Crippen LogP contribution is -2.29. The number of anilines is 1. The van der Waals surface area contributed by atoms with E-state index in [1.54, 1.807) is 35.3 Å². The van der Waals surface area contributed by atoms with E-state index in [0.29, 0.717) is 5.56 Å². The van der Waals surface area contributed by atoms with Gasteiger partial charge >= 0.3 is 6.18 Å². The van der Waals surface area contributed by atoms with E-state index in [0.717, 1.165) is 17.8 Å². The Bertz CT molecular complexity index is 892. The van der Waals surface area contributed by atoms with Crippen molar-refractivity contribution in [3.63, 3.8) is 0 Å². The summed E-state index contributed by atoms with van der Waals surface area (Å²) in [5, 5.41) is 5.30. The SMILES string of the molecule is O=C(NCCNc1nccc(C(F)(F)F)n1)c1ccn2cncc2c1. The molecule has 0 aromatic carbocycles. The zero-order valence-electron chi connectivity index (χ0n) is 12.8. The van der Waals surface area contributed by atoms with E-state index in [4.69, 9.17) is 0 Å². The lowest BCUT2D eigenvalue weighted by atomic mass is 10.2. The van der Waals surface area contributed by atoms with Crippen molar-refractivity contribution in [2.45, 2.75) is 6.18 Å². The first kappa shape index (κ1) is 16.7. The maximum Gasteiger partial charge on any atom is 0.433 e. The number of hydrogen-bond acceptors (Lipinski definition) is 5. The number of aromatic nitrogens is 4. The molecule has 0 aliphatic carbocycles. The topological polar surface area (TPSA) is 84.2 Å². The second kappa shape index (κ2) is 6.75. The van der Waals surface area contributed by atoms with Gasteiger partial charge in [0.1, 0.15) is 5.69 Å². The standard InChI is InChI=1S/C15H13F3N6O/c16-15(17,18)12-1-3-21-14(23-12)22-5-4-20-13(25)10-2-6-24-9-19-8-11(24)7-10/h1-3,6-9H,4-5H2,(H,20,25)(H,21,22,23). The predicted molar refractivity (Wildman–Crippen MR) is 83.0 cm³/mol. The number of amides is 1. The summed E-state index contributed by atoms with van der Waals surface area (Å²) in [7, 11) is 0. The highest BCUT2D eigenvalue weighted by Crippen LogP contribution is 2.27. The number of nitrogens with one attached hydrogen (secondary N) is 2. The van der Waals surface area contributed by atoms with Crippen molar-refractivity contribution in [3.8, 4) is 0 Å². The molecule has 0 unspecified atom stereocenters. The van der Waals surface area contributed by atoms with Crippen LogP contribution in [0.4, 0.5) is 19.1 Å². The summed E-state index contributed by atoms with van der Waals surface area (Å²) in [6.45, 7) is 0.380. The smallest absolute Gasteiger partial charge is 0.352 e. The molecule has 0 radical (unpaired) electrons. The number of hydrogen-bond donors (Lipinski definition) is 2. The number of imidazole rings is 1. The number of halogens is 3. The average molecular weight is 350 g/mol. The van der Waals surface area contributed by atoms with Gasteiger partial charge in [0.25, 0.3) is 5.91 Å². The van der Waals surface area contributed by atoms with E-state index in [1.807, 2.05) is 0 Å².